The second-order valence-corrected chi connectivity index (χ2v) is 9.80. The van der Waals surface area contributed by atoms with E-state index in [9.17, 15) is 14.7 Å². The highest BCUT2D eigenvalue weighted by molar-refractivity contribution is 7.99. The maximum Gasteiger partial charge on any atom is 0.327 e. The number of amides is 1. The highest BCUT2D eigenvalue weighted by Crippen LogP contribution is 2.43. The zero-order valence-corrected chi connectivity index (χ0v) is 18.1. The van der Waals surface area contributed by atoms with Crippen LogP contribution in [0.4, 0.5) is 0 Å². The quantitative estimate of drug-likeness (QED) is 0.611. The fraction of sp³-hybridized carbons (Fsp3) is 0.280. The molecular weight excluding hydrogens is 394 g/mol. The molecule has 1 heterocycles. The van der Waals surface area contributed by atoms with Crippen LogP contribution >= 0.6 is 11.8 Å². The molecule has 0 bridgehead atoms. The molecule has 2 unspecified atom stereocenters. The first kappa shape index (κ1) is 20.5. The van der Waals surface area contributed by atoms with Crippen molar-refractivity contribution in [2.24, 2.45) is 0 Å². The Kier molecular flexibility index (Phi) is 5.33. The SMILES string of the molecule is CC(C)(C)c1ccc(C2SCC(C(=O)O)N2C(=O)c2ccc3ccccc3c2)cc1. The van der Waals surface area contributed by atoms with Crippen molar-refractivity contribution in [1.29, 1.82) is 0 Å². The molecule has 2 atom stereocenters. The van der Waals surface area contributed by atoms with Crippen molar-refractivity contribution in [1.82, 2.24) is 4.90 Å². The van der Waals surface area contributed by atoms with E-state index in [4.69, 9.17) is 0 Å². The van der Waals surface area contributed by atoms with Crippen LogP contribution in [0.1, 0.15) is 47.6 Å². The van der Waals surface area contributed by atoms with Gasteiger partial charge in [-0.15, -0.1) is 11.8 Å². The zero-order valence-electron chi connectivity index (χ0n) is 17.3. The monoisotopic (exact) mass is 419 g/mol. The summed E-state index contributed by atoms with van der Waals surface area (Å²) in [6, 6.07) is 20.7. The van der Waals surface area contributed by atoms with Crippen molar-refractivity contribution in [3.63, 3.8) is 0 Å². The molecule has 0 aromatic heterocycles. The number of hydrogen-bond donors (Lipinski definition) is 1. The first-order chi connectivity index (χ1) is 14.3. The van der Waals surface area contributed by atoms with E-state index in [0.29, 0.717) is 11.3 Å². The maximum atomic E-state index is 13.5. The Bertz CT molecular complexity index is 1100. The molecule has 1 aliphatic rings. The molecule has 1 aliphatic heterocycles. The van der Waals surface area contributed by atoms with Gasteiger partial charge in [0.15, 0.2) is 0 Å². The fourth-order valence-electron chi connectivity index (χ4n) is 3.82. The molecule has 3 aromatic carbocycles. The van der Waals surface area contributed by atoms with Crippen molar-refractivity contribution in [3.05, 3.63) is 83.4 Å². The van der Waals surface area contributed by atoms with E-state index >= 15 is 0 Å². The first-order valence-electron chi connectivity index (χ1n) is 10.0. The molecule has 1 N–H and O–H groups in total. The van der Waals surface area contributed by atoms with Crippen LogP contribution in [0.5, 0.6) is 0 Å². The predicted molar refractivity (Wildman–Crippen MR) is 122 cm³/mol. The summed E-state index contributed by atoms with van der Waals surface area (Å²) in [6.45, 7) is 6.47. The summed E-state index contributed by atoms with van der Waals surface area (Å²) in [5.41, 5.74) is 2.70. The van der Waals surface area contributed by atoms with Gasteiger partial charge in [-0.05, 0) is 39.4 Å². The van der Waals surface area contributed by atoms with Gasteiger partial charge in [-0.2, -0.15) is 0 Å². The molecule has 0 saturated carbocycles. The average Bonchev–Trinajstić information content (AvgIpc) is 3.18. The second-order valence-electron chi connectivity index (χ2n) is 8.69. The lowest BCUT2D eigenvalue weighted by Crippen LogP contribution is -2.43. The summed E-state index contributed by atoms with van der Waals surface area (Å²) in [7, 11) is 0. The van der Waals surface area contributed by atoms with Gasteiger partial charge < -0.3 is 10.0 Å². The van der Waals surface area contributed by atoms with Crippen LogP contribution in [0.2, 0.25) is 0 Å². The minimum atomic E-state index is -0.967. The minimum absolute atomic E-state index is 0.0333. The molecule has 1 fully saturated rings. The van der Waals surface area contributed by atoms with Crippen LogP contribution in [0.25, 0.3) is 10.8 Å². The van der Waals surface area contributed by atoms with E-state index in [1.807, 2.05) is 48.5 Å². The molecule has 1 amide bonds. The third-order valence-corrected chi connectivity index (χ3v) is 6.90. The molecule has 0 radical (unpaired) electrons. The number of carbonyl (C=O) groups excluding carboxylic acids is 1. The number of carboxylic acid groups (broad SMARTS) is 1. The molecule has 154 valence electrons. The Balaban J connectivity index is 1.70. The smallest absolute Gasteiger partial charge is 0.327 e. The van der Waals surface area contributed by atoms with Gasteiger partial charge in [0.05, 0.1) is 0 Å². The van der Waals surface area contributed by atoms with Crippen molar-refractivity contribution in [2.45, 2.75) is 37.6 Å². The second kappa shape index (κ2) is 7.80. The van der Waals surface area contributed by atoms with Crippen molar-refractivity contribution in [2.75, 3.05) is 5.75 Å². The van der Waals surface area contributed by atoms with Gasteiger partial charge in [0, 0.05) is 11.3 Å². The standard InChI is InChI=1S/C25H25NO3S/c1-25(2,3)20-12-10-17(11-13-20)23-26(21(15-30-23)24(28)29)22(27)19-9-8-16-6-4-5-7-18(16)14-19/h4-14,21,23H,15H2,1-3H3,(H,28,29). The summed E-state index contributed by atoms with van der Waals surface area (Å²) in [6.07, 6.45) is 0. The summed E-state index contributed by atoms with van der Waals surface area (Å²) in [5, 5.41) is 11.5. The molecular formula is C25H25NO3S. The van der Waals surface area contributed by atoms with E-state index in [1.165, 1.54) is 22.2 Å². The lowest BCUT2D eigenvalue weighted by atomic mass is 9.86. The summed E-state index contributed by atoms with van der Waals surface area (Å²) < 4.78 is 0. The van der Waals surface area contributed by atoms with E-state index in [1.54, 1.807) is 6.07 Å². The largest absolute Gasteiger partial charge is 0.480 e. The van der Waals surface area contributed by atoms with Crippen LogP contribution in [0, 0.1) is 0 Å². The van der Waals surface area contributed by atoms with Gasteiger partial charge in [-0.1, -0.05) is 75.4 Å². The summed E-state index contributed by atoms with van der Waals surface area (Å²) >= 11 is 1.50. The van der Waals surface area contributed by atoms with Gasteiger partial charge in [0.2, 0.25) is 0 Å². The van der Waals surface area contributed by atoms with Crippen molar-refractivity contribution < 1.29 is 14.7 Å². The molecule has 3 aromatic rings. The number of hydrogen-bond acceptors (Lipinski definition) is 3. The van der Waals surface area contributed by atoms with Crippen molar-refractivity contribution in [3.8, 4) is 0 Å². The number of rotatable bonds is 3. The number of fused-ring (bicyclic) bond motifs is 1. The van der Waals surface area contributed by atoms with Crippen LogP contribution in [-0.2, 0) is 10.2 Å². The van der Waals surface area contributed by atoms with E-state index in [0.717, 1.165) is 16.3 Å². The lowest BCUT2D eigenvalue weighted by molar-refractivity contribution is -0.141. The minimum Gasteiger partial charge on any atom is -0.480 e. The predicted octanol–water partition coefficient (Wildman–Crippen LogP) is 5.48. The van der Waals surface area contributed by atoms with E-state index < -0.39 is 12.0 Å². The maximum absolute atomic E-state index is 13.5. The molecule has 30 heavy (non-hydrogen) atoms. The number of carbonyl (C=O) groups is 2. The molecule has 5 heteroatoms. The Hall–Kier alpha value is -2.79. The van der Waals surface area contributed by atoms with Gasteiger partial charge in [0.25, 0.3) is 5.91 Å². The summed E-state index contributed by atoms with van der Waals surface area (Å²) in [5.74, 6) is -0.839. The molecule has 4 nitrogen and oxygen atoms in total. The topological polar surface area (TPSA) is 57.6 Å². The third-order valence-electron chi connectivity index (χ3n) is 5.58. The van der Waals surface area contributed by atoms with Crippen LogP contribution in [0.15, 0.2) is 66.7 Å². The normalized spacial score (nSPS) is 19.2. The highest BCUT2D eigenvalue weighted by Gasteiger charge is 2.42. The Morgan fingerprint density at radius 1 is 0.967 bits per heavy atom. The summed E-state index contributed by atoms with van der Waals surface area (Å²) in [4.78, 5) is 26.9. The first-order valence-corrected chi connectivity index (χ1v) is 11.1. The Labute approximate surface area is 180 Å². The number of benzene rings is 3. The average molecular weight is 420 g/mol. The van der Waals surface area contributed by atoms with Crippen LogP contribution in [-0.4, -0.2) is 33.7 Å². The number of thioether (sulfide) groups is 1. The fourth-order valence-corrected chi connectivity index (χ4v) is 5.24. The van der Waals surface area contributed by atoms with Gasteiger partial charge in [0.1, 0.15) is 11.4 Å². The highest BCUT2D eigenvalue weighted by atomic mass is 32.2. The zero-order chi connectivity index (χ0) is 21.5. The molecule has 1 saturated heterocycles. The lowest BCUT2D eigenvalue weighted by Gasteiger charge is -2.28. The Morgan fingerprint density at radius 2 is 1.63 bits per heavy atom. The van der Waals surface area contributed by atoms with Gasteiger partial charge >= 0.3 is 5.97 Å². The molecule has 0 aliphatic carbocycles. The Morgan fingerprint density at radius 3 is 2.27 bits per heavy atom. The van der Waals surface area contributed by atoms with E-state index in [-0.39, 0.29) is 16.7 Å². The third kappa shape index (κ3) is 3.82. The number of aliphatic carboxylic acids is 1. The van der Waals surface area contributed by atoms with Crippen LogP contribution < -0.4 is 0 Å². The number of nitrogens with zero attached hydrogens (tertiary/aromatic N) is 1. The van der Waals surface area contributed by atoms with Crippen molar-refractivity contribution >= 4 is 34.4 Å². The van der Waals surface area contributed by atoms with Gasteiger partial charge in [-0.25, -0.2) is 4.79 Å². The molecule has 4 rings (SSSR count). The van der Waals surface area contributed by atoms with Gasteiger partial charge in [-0.3, -0.25) is 4.79 Å². The molecule has 0 spiro atoms. The van der Waals surface area contributed by atoms with E-state index in [2.05, 4.69) is 32.9 Å². The van der Waals surface area contributed by atoms with Crippen LogP contribution in [0.3, 0.4) is 0 Å². The number of carboxylic acids is 1.